The molecule has 0 aliphatic carbocycles. The van der Waals surface area contributed by atoms with E-state index in [2.05, 4.69) is 4.90 Å². The van der Waals surface area contributed by atoms with Crippen molar-refractivity contribution in [2.24, 2.45) is 0 Å². The summed E-state index contributed by atoms with van der Waals surface area (Å²) < 4.78 is 16.9. The van der Waals surface area contributed by atoms with Crippen LogP contribution in [-0.2, 0) is 4.74 Å². The van der Waals surface area contributed by atoms with E-state index in [-0.39, 0.29) is 18.3 Å². The first-order valence-corrected chi connectivity index (χ1v) is 7.31. The number of benzene rings is 1. The Morgan fingerprint density at radius 3 is 2.71 bits per heavy atom. The Balaban J connectivity index is 1.85. The van der Waals surface area contributed by atoms with Crippen LogP contribution in [0.1, 0.15) is 13.8 Å². The molecule has 1 aromatic carbocycles. The number of rotatable bonds is 6. The van der Waals surface area contributed by atoms with Gasteiger partial charge in [-0.1, -0.05) is 12.1 Å². The van der Waals surface area contributed by atoms with Gasteiger partial charge < -0.3 is 19.3 Å². The van der Waals surface area contributed by atoms with Gasteiger partial charge in [0.2, 0.25) is 0 Å². The van der Waals surface area contributed by atoms with Gasteiger partial charge in [-0.15, -0.1) is 0 Å². The molecule has 21 heavy (non-hydrogen) atoms. The highest BCUT2D eigenvalue weighted by molar-refractivity contribution is 5.39. The van der Waals surface area contributed by atoms with Crippen LogP contribution in [0.2, 0.25) is 0 Å². The molecular weight excluding hydrogens is 270 g/mol. The molecular formula is C16H25NO4. The first-order valence-electron chi connectivity index (χ1n) is 7.31. The first-order chi connectivity index (χ1) is 10.0. The van der Waals surface area contributed by atoms with E-state index in [1.807, 2.05) is 38.1 Å². The number of morpholine rings is 1. The fraction of sp³-hybridized carbons (Fsp3) is 0.625. The van der Waals surface area contributed by atoms with Crippen molar-refractivity contribution >= 4 is 0 Å². The molecule has 1 aliphatic heterocycles. The number of aliphatic hydroxyl groups excluding tert-OH is 1. The van der Waals surface area contributed by atoms with Gasteiger partial charge in [0.1, 0.15) is 6.61 Å². The van der Waals surface area contributed by atoms with Gasteiger partial charge in [0, 0.05) is 19.6 Å². The van der Waals surface area contributed by atoms with Crippen molar-refractivity contribution in [2.75, 3.05) is 40.0 Å². The maximum atomic E-state index is 9.31. The van der Waals surface area contributed by atoms with Gasteiger partial charge in [-0.3, -0.25) is 4.90 Å². The number of methoxy groups -OCH3 is 1. The Bertz CT molecular complexity index is 450. The maximum absolute atomic E-state index is 9.31. The third-order valence-corrected chi connectivity index (χ3v) is 3.49. The van der Waals surface area contributed by atoms with Crippen LogP contribution in [0.15, 0.2) is 24.3 Å². The third kappa shape index (κ3) is 4.59. The van der Waals surface area contributed by atoms with E-state index in [4.69, 9.17) is 14.2 Å². The van der Waals surface area contributed by atoms with E-state index in [0.29, 0.717) is 6.61 Å². The number of hydrogen-bond donors (Lipinski definition) is 1. The van der Waals surface area contributed by atoms with Crippen LogP contribution in [0.3, 0.4) is 0 Å². The lowest BCUT2D eigenvalue weighted by molar-refractivity contribution is -0.149. The highest BCUT2D eigenvalue weighted by Crippen LogP contribution is 2.26. The molecule has 1 saturated heterocycles. The van der Waals surface area contributed by atoms with Crippen molar-refractivity contribution in [3.63, 3.8) is 0 Å². The standard InChI is InChI=1S/C16H25NO4/c1-16(2)12-17(10-13(11-18)21-16)8-9-20-15-7-5-4-6-14(15)19-3/h4-7,13,18H,8-12H2,1-3H3. The van der Waals surface area contributed by atoms with Gasteiger partial charge in [-0.25, -0.2) is 0 Å². The van der Waals surface area contributed by atoms with Crippen molar-refractivity contribution in [1.82, 2.24) is 4.90 Å². The molecule has 0 bridgehead atoms. The van der Waals surface area contributed by atoms with Crippen molar-refractivity contribution in [3.8, 4) is 11.5 Å². The largest absolute Gasteiger partial charge is 0.493 e. The summed E-state index contributed by atoms with van der Waals surface area (Å²) in [6.07, 6.45) is -0.125. The van der Waals surface area contributed by atoms with Crippen LogP contribution >= 0.6 is 0 Å². The predicted molar refractivity (Wildman–Crippen MR) is 81.0 cm³/mol. The molecule has 1 fully saturated rings. The molecule has 1 heterocycles. The minimum Gasteiger partial charge on any atom is -0.493 e. The molecule has 5 nitrogen and oxygen atoms in total. The van der Waals surface area contributed by atoms with E-state index in [0.717, 1.165) is 31.1 Å². The highest BCUT2D eigenvalue weighted by atomic mass is 16.5. The second-order valence-corrected chi connectivity index (χ2v) is 5.92. The monoisotopic (exact) mass is 295 g/mol. The van der Waals surface area contributed by atoms with E-state index >= 15 is 0 Å². The summed E-state index contributed by atoms with van der Waals surface area (Å²) in [4.78, 5) is 2.26. The Labute approximate surface area is 126 Å². The second kappa shape index (κ2) is 7.11. The number of aliphatic hydroxyl groups is 1. The molecule has 1 unspecified atom stereocenters. The highest BCUT2D eigenvalue weighted by Gasteiger charge is 2.32. The number of hydrogen-bond acceptors (Lipinski definition) is 5. The summed E-state index contributed by atoms with van der Waals surface area (Å²) in [5.41, 5.74) is -0.240. The van der Waals surface area contributed by atoms with Crippen molar-refractivity contribution < 1.29 is 19.3 Å². The van der Waals surface area contributed by atoms with Crippen LogP contribution in [0.5, 0.6) is 11.5 Å². The zero-order valence-corrected chi connectivity index (χ0v) is 13.0. The minimum atomic E-state index is -0.240. The molecule has 118 valence electrons. The molecule has 0 spiro atoms. The quantitative estimate of drug-likeness (QED) is 0.863. The van der Waals surface area contributed by atoms with Crippen LogP contribution in [0, 0.1) is 0 Å². The topological polar surface area (TPSA) is 51.2 Å². The Morgan fingerprint density at radius 2 is 2.05 bits per heavy atom. The molecule has 2 rings (SSSR count). The van der Waals surface area contributed by atoms with E-state index in [9.17, 15) is 5.11 Å². The number of ether oxygens (including phenoxy) is 3. The van der Waals surface area contributed by atoms with Crippen LogP contribution in [-0.4, -0.2) is 61.7 Å². The molecule has 1 N–H and O–H groups in total. The molecule has 1 atom stereocenters. The maximum Gasteiger partial charge on any atom is 0.161 e. The molecule has 5 heteroatoms. The molecule has 0 aromatic heterocycles. The van der Waals surface area contributed by atoms with Crippen LogP contribution in [0.4, 0.5) is 0 Å². The first kappa shape index (κ1) is 16.1. The molecule has 0 radical (unpaired) electrons. The summed E-state index contributed by atoms with van der Waals surface area (Å²) >= 11 is 0. The van der Waals surface area contributed by atoms with Crippen molar-refractivity contribution in [3.05, 3.63) is 24.3 Å². The van der Waals surface area contributed by atoms with Crippen molar-refractivity contribution in [1.29, 1.82) is 0 Å². The summed E-state index contributed by atoms with van der Waals surface area (Å²) in [7, 11) is 1.64. The Kier molecular flexibility index (Phi) is 5.45. The average Bonchev–Trinajstić information content (AvgIpc) is 2.46. The van der Waals surface area contributed by atoms with Gasteiger partial charge in [0.15, 0.2) is 11.5 Å². The summed E-state index contributed by atoms with van der Waals surface area (Å²) in [6.45, 7) is 7.07. The van der Waals surface area contributed by atoms with Crippen LogP contribution < -0.4 is 9.47 Å². The lowest BCUT2D eigenvalue weighted by Crippen LogP contribution is -2.54. The Morgan fingerprint density at radius 1 is 1.33 bits per heavy atom. The summed E-state index contributed by atoms with van der Waals surface area (Å²) in [6, 6.07) is 7.63. The van der Waals surface area contributed by atoms with E-state index < -0.39 is 0 Å². The SMILES string of the molecule is COc1ccccc1OCCN1CC(CO)OC(C)(C)C1. The smallest absolute Gasteiger partial charge is 0.161 e. The number of nitrogens with zero attached hydrogens (tertiary/aromatic N) is 1. The average molecular weight is 295 g/mol. The fourth-order valence-electron chi connectivity index (χ4n) is 2.70. The minimum absolute atomic E-state index is 0.0489. The predicted octanol–water partition coefficient (Wildman–Crippen LogP) is 1.55. The Hall–Kier alpha value is -1.30. The second-order valence-electron chi connectivity index (χ2n) is 5.92. The zero-order chi connectivity index (χ0) is 15.3. The van der Waals surface area contributed by atoms with Crippen molar-refractivity contribution in [2.45, 2.75) is 25.6 Å². The van der Waals surface area contributed by atoms with Crippen LogP contribution in [0.25, 0.3) is 0 Å². The molecule has 0 saturated carbocycles. The van der Waals surface area contributed by atoms with Gasteiger partial charge in [-0.2, -0.15) is 0 Å². The van der Waals surface area contributed by atoms with E-state index in [1.165, 1.54) is 0 Å². The lowest BCUT2D eigenvalue weighted by Gasteiger charge is -2.42. The summed E-state index contributed by atoms with van der Waals surface area (Å²) in [5, 5.41) is 9.31. The van der Waals surface area contributed by atoms with E-state index in [1.54, 1.807) is 7.11 Å². The lowest BCUT2D eigenvalue weighted by atomic mass is 10.1. The van der Waals surface area contributed by atoms with Gasteiger partial charge in [0.05, 0.1) is 25.4 Å². The number of para-hydroxylation sites is 2. The summed E-state index contributed by atoms with van der Waals surface area (Å²) in [5.74, 6) is 1.50. The third-order valence-electron chi connectivity index (χ3n) is 3.49. The normalized spacial score (nSPS) is 22.0. The van der Waals surface area contributed by atoms with Gasteiger partial charge >= 0.3 is 0 Å². The fourth-order valence-corrected chi connectivity index (χ4v) is 2.70. The van der Waals surface area contributed by atoms with Gasteiger partial charge in [0.25, 0.3) is 0 Å². The molecule has 0 amide bonds. The molecule has 1 aliphatic rings. The zero-order valence-electron chi connectivity index (χ0n) is 13.0. The molecule has 1 aromatic rings. The van der Waals surface area contributed by atoms with Gasteiger partial charge in [-0.05, 0) is 26.0 Å².